The summed E-state index contributed by atoms with van der Waals surface area (Å²) in [5.41, 5.74) is -0.495. The van der Waals surface area contributed by atoms with E-state index in [0.29, 0.717) is 35.5 Å². The molecule has 1 saturated heterocycles. The molecule has 7 rings (SSSR count). The Hall–Kier alpha value is -4.74. The number of alkyl halides is 3. The number of hydrogen-bond acceptors (Lipinski definition) is 10. The number of ether oxygens (including phenoxy) is 3. The number of benzene rings is 3. The van der Waals surface area contributed by atoms with Gasteiger partial charge in [-0.3, -0.25) is 0 Å². The fourth-order valence-electron chi connectivity index (χ4n) is 8.71. The van der Waals surface area contributed by atoms with Gasteiger partial charge in [0.25, 0.3) is 0 Å². The van der Waals surface area contributed by atoms with Crippen LogP contribution in [-0.4, -0.2) is 84.6 Å². The number of rotatable bonds is 13. The molecule has 3 aromatic carbocycles. The lowest BCUT2D eigenvalue weighted by molar-refractivity contribution is -0.139. The molecule has 1 amide bonds. The minimum absolute atomic E-state index is 0.0547. The number of carbonyl (C=O) groups excluding carboxylic acids is 1. The SMILES string of the molecule is COc1ccc(CNS(=O)(=O)c2c(C(F)(F)F)ccc(C3CCC4(CC3)CCN(CC3(NC(=O)OC(C)(C)C)CC3)CC4)c2-c2nnnn2Cc2ccc(OC)cc2)cc1. The third-order valence-electron chi connectivity index (χ3n) is 12.2. The number of methoxy groups -OCH3 is 2. The molecule has 4 aromatic rings. The van der Waals surface area contributed by atoms with E-state index >= 15 is 13.2 Å². The summed E-state index contributed by atoms with van der Waals surface area (Å²) in [5.74, 6) is 0.855. The molecule has 17 heteroatoms. The van der Waals surface area contributed by atoms with Crippen molar-refractivity contribution in [1.29, 1.82) is 0 Å². The topological polar surface area (TPSA) is 150 Å². The maximum absolute atomic E-state index is 15.0. The van der Waals surface area contributed by atoms with E-state index in [0.717, 1.165) is 69.8 Å². The monoisotopic (exact) mass is 853 g/mol. The minimum atomic E-state index is -5.02. The van der Waals surface area contributed by atoms with E-state index in [2.05, 4.69) is 30.5 Å². The maximum atomic E-state index is 15.0. The Bertz CT molecular complexity index is 2240. The molecule has 1 aromatic heterocycles. The Kier molecular flexibility index (Phi) is 12.3. The van der Waals surface area contributed by atoms with Crippen molar-refractivity contribution < 1.29 is 40.6 Å². The zero-order valence-electron chi connectivity index (χ0n) is 34.8. The highest BCUT2D eigenvalue weighted by Crippen LogP contribution is 2.52. The lowest BCUT2D eigenvalue weighted by Crippen LogP contribution is -2.50. The molecule has 1 spiro atoms. The van der Waals surface area contributed by atoms with Crippen molar-refractivity contribution in [3.63, 3.8) is 0 Å². The third-order valence-corrected chi connectivity index (χ3v) is 13.7. The summed E-state index contributed by atoms with van der Waals surface area (Å²) in [5, 5.41) is 15.4. The van der Waals surface area contributed by atoms with Gasteiger partial charge in [-0.05, 0) is 154 Å². The highest BCUT2D eigenvalue weighted by atomic mass is 32.2. The molecule has 1 aliphatic heterocycles. The van der Waals surface area contributed by atoms with Crippen LogP contribution in [0.25, 0.3) is 11.4 Å². The van der Waals surface area contributed by atoms with Gasteiger partial charge in [-0.1, -0.05) is 30.3 Å². The van der Waals surface area contributed by atoms with Crippen molar-refractivity contribution in [2.75, 3.05) is 33.9 Å². The number of halogens is 3. The summed E-state index contributed by atoms with van der Waals surface area (Å²) >= 11 is 0. The molecular weight excluding hydrogens is 800 g/mol. The first-order valence-electron chi connectivity index (χ1n) is 20.4. The van der Waals surface area contributed by atoms with Crippen LogP contribution in [0.5, 0.6) is 11.5 Å². The lowest BCUT2D eigenvalue weighted by atomic mass is 9.64. The largest absolute Gasteiger partial charge is 0.497 e. The first-order chi connectivity index (χ1) is 28.4. The second kappa shape index (κ2) is 17.0. The molecule has 0 unspecified atom stereocenters. The number of aromatic nitrogens is 4. The Balaban J connectivity index is 1.17. The van der Waals surface area contributed by atoms with Crippen LogP contribution >= 0.6 is 0 Å². The predicted molar refractivity (Wildman–Crippen MR) is 218 cm³/mol. The number of piperidine rings is 1. The molecule has 60 heavy (non-hydrogen) atoms. The summed E-state index contributed by atoms with van der Waals surface area (Å²) in [7, 11) is -1.79. The second-order valence-corrected chi connectivity index (χ2v) is 19.2. The molecule has 3 fully saturated rings. The van der Waals surface area contributed by atoms with Crippen LogP contribution in [0.1, 0.15) is 100 Å². The van der Waals surface area contributed by atoms with E-state index in [9.17, 15) is 13.2 Å². The van der Waals surface area contributed by atoms with E-state index < -0.39 is 38.4 Å². The number of tetrazole rings is 1. The molecule has 0 radical (unpaired) electrons. The number of carbonyl (C=O) groups is 1. The van der Waals surface area contributed by atoms with Crippen LogP contribution < -0.4 is 19.5 Å². The molecule has 13 nitrogen and oxygen atoms in total. The van der Waals surface area contributed by atoms with Gasteiger partial charge in [-0.2, -0.15) is 13.2 Å². The van der Waals surface area contributed by atoms with Gasteiger partial charge in [-0.15, -0.1) is 5.10 Å². The number of amides is 1. The van der Waals surface area contributed by atoms with Gasteiger partial charge in [0.2, 0.25) is 10.0 Å². The van der Waals surface area contributed by atoms with Gasteiger partial charge >= 0.3 is 12.3 Å². The predicted octanol–water partition coefficient (Wildman–Crippen LogP) is 7.70. The van der Waals surface area contributed by atoms with Crippen molar-refractivity contribution in [3.8, 4) is 22.9 Å². The molecule has 3 aliphatic rings. The number of alkyl carbamates (subject to hydrolysis) is 1. The highest BCUT2D eigenvalue weighted by molar-refractivity contribution is 7.89. The fraction of sp³-hybridized carbons (Fsp3) is 0.535. The van der Waals surface area contributed by atoms with Crippen LogP contribution in [0.4, 0.5) is 18.0 Å². The Morgan fingerprint density at radius 2 is 1.45 bits per heavy atom. The average molecular weight is 854 g/mol. The molecule has 2 N–H and O–H groups in total. The van der Waals surface area contributed by atoms with Crippen molar-refractivity contribution in [2.45, 2.75) is 113 Å². The van der Waals surface area contributed by atoms with Crippen molar-refractivity contribution in [3.05, 3.63) is 82.9 Å². The smallest absolute Gasteiger partial charge is 0.417 e. The Labute approximate surface area is 349 Å². The van der Waals surface area contributed by atoms with Gasteiger partial charge in [-0.25, -0.2) is 22.6 Å². The molecule has 324 valence electrons. The Morgan fingerprint density at radius 1 is 0.850 bits per heavy atom. The van der Waals surface area contributed by atoms with Crippen molar-refractivity contribution in [1.82, 2.24) is 35.1 Å². The number of nitrogens with one attached hydrogen (secondary N) is 2. The number of hydrogen-bond donors (Lipinski definition) is 2. The molecule has 2 heterocycles. The average Bonchev–Trinajstić information content (AvgIpc) is 3.80. The van der Waals surface area contributed by atoms with E-state index in [1.807, 2.05) is 20.8 Å². The fourth-order valence-corrected chi connectivity index (χ4v) is 10.2. The quantitative estimate of drug-likeness (QED) is 0.137. The first kappa shape index (κ1) is 43.4. The summed E-state index contributed by atoms with van der Waals surface area (Å²) in [6, 6.07) is 16.0. The first-order valence-corrected chi connectivity index (χ1v) is 21.9. The summed E-state index contributed by atoms with van der Waals surface area (Å²) in [4.78, 5) is 14.1. The van der Waals surface area contributed by atoms with E-state index in [1.165, 1.54) is 17.9 Å². The maximum Gasteiger partial charge on any atom is 0.417 e. The molecule has 0 bridgehead atoms. The van der Waals surface area contributed by atoms with Gasteiger partial charge in [0.1, 0.15) is 22.0 Å². The van der Waals surface area contributed by atoms with Crippen LogP contribution in [0.3, 0.4) is 0 Å². The standard InChI is InChI=1S/C43H54F3N7O6S/c1-40(2,3)59-39(54)48-42(20-21-42)28-52-24-22-41(23-25-52)18-16-31(17-19-41)34-14-15-35(43(44,45)46)37(60(55,56)47-26-29-6-10-32(57-4)11-7-29)36(34)38-49-50-51-53(38)27-30-8-12-33(58-5)13-9-30/h6-15,31,47H,16-28H2,1-5H3,(H,48,54). The van der Waals surface area contributed by atoms with E-state index in [1.54, 1.807) is 55.6 Å². The second-order valence-electron chi connectivity index (χ2n) is 17.5. The molecule has 0 atom stereocenters. The molecule has 2 saturated carbocycles. The third kappa shape index (κ3) is 10.1. The highest BCUT2D eigenvalue weighted by Gasteiger charge is 2.48. The Morgan fingerprint density at radius 3 is 2.00 bits per heavy atom. The van der Waals surface area contributed by atoms with Crippen molar-refractivity contribution in [2.24, 2.45) is 5.41 Å². The van der Waals surface area contributed by atoms with Gasteiger partial charge in [0.05, 0.1) is 31.9 Å². The molecule has 2 aliphatic carbocycles. The van der Waals surface area contributed by atoms with E-state index in [4.69, 9.17) is 14.2 Å². The van der Waals surface area contributed by atoms with Gasteiger partial charge in [0.15, 0.2) is 5.82 Å². The zero-order chi connectivity index (χ0) is 42.9. The summed E-state index contributed by atoms with van der Waals surface area (Å²) in [6.45, 7) is 7.85. The number of sulfonamides is 1. The number of likely N-dealkylation sites (tertiary alicyclic amines) is 1. The minimum Gasteiger partial charge on any atom is -0.497 e. The summed E-state index contributed by atoms with van der Waals surface area (Å²) < 4.78 is 93.8. The van der Waals surface area contributed by atoms with Crippen LogP contribution in [0.2, 0.25) is 0 Å². The number of nitrogens with zero attached hydrogens (tertiary/aromatic N) is 5. The summed E-state index contributed by atoms with van der Waals surface area (Å²) in [6.07, 6.45) is 1.29. The molecular formula is C43H54F3N7O6S. The van der Waals surface area contributed by atoms with Gasteiger partial charge < -0.3 is 24.4 Å². The van der Waals surface area contributed by atoms with Crippen LogP contribution in [0, 0.1) is 5.41 Å². The van der Waals surface area contributed by atoms with Crippen molar-refractivity contribution >= 4 is 16.1 Å². The zero-order valence-corrected chi connectivity index (χ0v) is 35.6. The normalized spacial score (nSPS) is 18.3. The van der Waals surface area contributed by atoms with Crippen LogP contribution in [0.15, 0.2) is 65.6 Å². The van der Waals surface area contributed by atoms with E-state index in [-0.39, 0.29) is 41.3 Å². The van der Waals surface area contributed by atoms with Gasteiger partial charge in [0, 0.05) is 18.7 Å². The van der Waals surface area contributed by atoms with Crippen LogP contribution in [-0.2, 0) is 34.0 Å². The lowest BCUT2D eigenvalue weighted by Gasteiger charge is -2.47.